The number of piperidine rings is 1. The van der Waals surface area contributed by atoms with E-state index in [2.05, 4.69) is 25.0 Å². The van der Waals surface area contributed by atoms with Gasteiger partial charge in [-0.1, -0.05) is 0 Å². The minimum Gasteiger partial charge on any atom is -0.354 e. The lowest BCUT2D eigenvalue weighted by Gasteiger charge is -2.41. The fourth-order valence-corrected chi connectivity index (χ4v) is 4.23. The van der Waals surface area contributed by atoms with Gasteiger partial charge in [0.2, 0.25) is 0 Å². The Morgan fingerprint density at radius 3 is 2.34 bits per heavy atom. The standard InChI is InChI=1S/C22H22F4N8O/c1-13-30-12-33(31-13)20-10-27-17(9-29-20)21(35)34(15-3-4-15)18-6-7-32(11-16(18)23)19-5-2-14(8-28-19)22(24,25)26/h2,5,8-10,12,15-16,18H,3-4,6-7,11H2,1H3. The highest BCUT2D eigenvalue weighted by molar-refractivity contribution is 5.92. The maximum atomic E-state index is 15.4. The van der Waals surface area contributed by atoms with Gasteiger partial charge in [0.15, 0.2) is 5.82 Å². The van der Waals surface area contributed by atoms with Crippen LogP contribution in [0.1, 0.15) is 41.1 Å². The number of carbonyl (C=O) groups is 1. The first-order valence-corrected chi connectivity index (χ1v) is 11.2. The number of alkyl halides is 4. The van der Waals surface area contributed by atoms with Crippen LogP contribution in [0.4, 0.5) is 23.4 Å². The van der Waals surface area contributed by atoms with Crippen LogP contribution < -0.4 is 4.90 Å². The monoisotopic (exact) mass is 490 g/mol. The summed E-state index contributed by atoms with van der Waals surface area (Å²) in [6.45, 7) is 2.02. The second-order valence-corrected chi connectivity index (χ2v) is 8.66. The fourth-order valence-electron chi connectivity index (χ4n) is 4.23. The van der Waals surface area contributed by atoms with E-state index in [1.807, 2.05) is 0 Å². The molecule has 4 heterocycles. The van der Waals surface area contributed by atoms with Crippen LogP contribution in [-0.4, -0.2) is 71.9 Å². The lowest BCUT2D eigenvalue weighted by Crippen LogP contribution is -2.55. The van der Waals surface area contributed by atoms with Crippen LogP contribution in [-0.2, 0) is 6.18 Å². The van der Waals surface area contributed by atoms with E-state index in [0.717, 1.165) is 25.1 Å². The molecule has 1 aliphatic carbocycles. The smallest absolute Gasteiger partial charge is 0.354 e. The third-order valence-corrected chi connectivity index (χ3v) is 6.14. The number of anilines is 1. The Balaban J connectivity index is 1.29. The molecule has 2 fully saturated rings. The molecule has 1 aliphatic heterocycles. The molecule has 0 N–H and O–H groups in total. The van der Waals surface area contributed by atoms with Gasteiger partial charge >= 0.3 is 6.18 Å². The Kier molecular flexibility index (Phi) is 5.85. The molecule has 0 radical (unpaired) electrons. The van der Waals surface area contributed by atoms with Crippen molar-refractivity contribution in [2.24, 2.45) is 0 Å². The fraction of sp³-hybridized carbons (Fsp3) is 0.455. The quantitative estimate of drug-likeness (QED) is 0.508. The Labute approximate surface area is 197 Å². The van der Waals surface area contributed by atoms with Gasteiger partial charge in [-0.2, -0.15) is 18.3 Å². The number of hydrogen-bond acceptors (Lipinski definition) is 7. The summed E-state index contributed by atoms with van der Waals surface area (Å²) in [5.41, 5.74) is -0.749. The van der Waals surface area contributed by atoms with Crippen LogP contribution >= 0.6 is 0 Å². The second-order valence-electron chi connectivity index (χ2n) is 8.66. The largest absolute Gasteiger partial charge is 0.417 e. The van der Waals surface area contributed by atoms with Crippen molar-refractivity contribution in [1.29, 1.82) is 0 Å². The van der Waals surface area contributed by atoms with Crippen LogP contribution in [0.5, 0.6) is 0 Å². The summed E-state index contributed by atoms with van der Waals surface area (Å²) < 4.78 is 55.2. The van der Waals surface area contributed by atoms with Crippen molar-refractivity contribution in [2.75, 3.05) is 18.0 Å². The van der Waals surface area contributed by atoms with Crippen LogP contribution in [0, 0.1) is 6.92 Å². The van der Waals surface area contributed by atoms with E-state index < -0.39 is 29.9 Å². The molecule has 1 saturated heterocycles. The molecule has 13 heteroatoms. The first-order valence-electron chi connectivity index (χ1n) is 11.2. The molecule has 5 rings (SSSR count). The maximum absolute atomic E-state index is 15.4. The van der Waals surface area contributed by atoms with Crippen LogP contribution in [0.15, 0.2) is 37.1 Å². The van der Waals surface area contributed by atoms with Gasteiger partial charge in [0, 0.05) is 18.8 Å². The topological polar surface area (TPSA) is 92.9 Å². The first-order chi connectivity index (χ1) is 16.7. The van der Waals surface area contributed by atoms with Gasteiger partial charge < -0.3 is 9.80 Å². The highest BCUT2D eigenvalue weighted by atomic mass is 19.4. The molecule has 9 nitrogen and oxygen atoms in total. The van der Waals surface area contributed by atoms with Gasteiger partial charge in [-0.15, -0.1) is 0 Å². The Morgan fingerprint density at radius 1 is 1.03 bits per heavy atom. The average Bonchev–Trinajstić information content (AvgIpc) is 3.58. The lowest BCUT2D eigenvalue weighted by atomic mass is 10.00. The predicted molar refractivity (Wildman–Crippen MR) is 116 cm³/mol. The van der Waals surface area contributed by atoms with Crippen molar-refractivity contribution in [3.8, 4) is 5.82 Å². The zero-order valence-electron chi connectivity index (χ0n) is 18.7. The Bertz CT molecular complexity index is 1190. The van der Waals surface area contributed by atoms with Gasteiger partial charge in [-0.05, 0) is 38.3 Å². The van der Waals surface area contributed by atoms with E-state index in [4.69, 9.17) is 0 Å². The number of amides is 1. The van der Waals surface area contributed by atoms with Gasteiger partial charge in [0.1, 0.15) is 29.8 Å². The SMILES string of the molecule is Cc1ncn(-c2cnc(C(=O)N(C3CC3)C3CCN(c4ccc(C(F)(F)F)cn4)CC3F)cn2)n1. The molecule has 3 aromatic rings. The van der Waals surface area contributed by atoms with Crippen LogP contribution in [0.3, 0.4) is 0 Å². The van der Waals surface area contributed by atoms with Gasteiger partial charge in [-0.3, -0.25) is 4.79 Å². The second kappa shape index (κ2) is 8.86. The van der Waals surface area contributed by atoms with E-state index >= 15 is 4.39 Å². The third-order valence-electron chi connectivity index (χ3n) is 6.14. The molecule has 1 saturated carbocycles. The van der Waals surface area contributed by atoms with Crippen LogP contribution in [0.2, 0.25) is 0 Å². The van der Waals surface area contributed by atoms with Crippen molar-refractivity contribution >= 4 is 11.7 Å². The molecule has 184 valence electrons. The number of aryl methyl sites for hydroxylation is 1. The summed E-state index contributed by atoms with van der Waals surface area (Å²) in [6.07, 6.45) is 0.991. The Morgan fingerprint density at radius 2 is 1.80 bits per heavy atom. The molecule has 2 aliphatic rings. The van der Waals surface area contributed by atoms with E-state index in [-0.39, 0.29) is 24.1 Å². The number of carbonyl (C=O) groups excluding carboxylic acids is 1. The minimum absolute atomic E-state index is 0.0686. The zero-order chi connectivity index (χ0) is 24.7. The third kappa shape index (κ3) is 4.80. The predicted octanol–water partition coefficient (Wildman–Crippen LogP) is 3.00. The van der Waals surface area contributed by atoms with Crippen molar-refractivity contribution in [3.63, 3.8) is 0 Å². The summed E-state index contributed by atoms with van der Waals surface area (Å²) >= 11 is 0. The van der Waals surface area contributed by atoms with Gasteiger partial charge in [0.05, 0.1) is 30.5 Å². The average molecular weight is 490 g/mol. The van der Waals surface area contributed by atoms with E-state index in [1.165, 1.54) is 29.5 Å². The minimum atomic E-state index is -4.48. The van der Waals surface area contributed by atoms with Crippen molar-refractivity contribution in [1.82, 2.24) is 34.6 Å². The number of aromatic nitrogens is 6. The molecule has 0 aromatic carbocycles. The normalized spacial score (nSPS) is 20.7. The maximum Gasteiger partial charge on any atom is 0.417 e. The summed E-state index contributed by atoms with van der Waals surface area (Å²) in [4.78, 5) is 32.8. The number of hydrogen-bond donors (Lipinski definition) is 0. The summed E-state index contributed by atoms with van der Waals surface area (Å²) in [7, 11) is 0. The molecule has 0 spiro atoms. The van der Waals surface area contributed by atoms with Crippen molar-refractivity contribution in [2.45, 2.75) is 50.6 Å². The molecule has 1 amide bonds. The molecule has 2 unspecified atom stereocenters. The Hall–Kier alpha value is -3.64. The number of nitrogens with zero attached hydrogens (tertiary/aromatic N) is 8. The first kappa shape index (κ1) is 23.1. The summed E-state index contributed by atoms with van der Waals surface area (Å²) in [5.74, 6) is 0.850. The molecule has 35 heavy (non-hydrogen) atoms. The van der Waals surface area contributed by atoms with E-state index in [9.17, 15) is 18.0 Å². The molecule has 2 atom stereocenters. The van der Waals surface area contributed by atoms with E-state index in [0.29, 0.717) is 24.6 Å². The highest BCUT2D eigenvalue weighted by Crippen LogP contribution is 2.35. The van der Waals surface area contributed by atoms with Crippen molar-refractivity contribution < 1.29 is 22.4 Å². The lowest BCUT2D eigenvalue weighted by molar-refractivity contribution is -0.137. The van der Waals surface area contributed by atoms with Crippen molar-refractivity contribution in [3.05, 3.63) is 54.1 Å². The van der Waals surface area contributed by atoms with Crippen LogP contribution in [0.25, 0.3) is 5.82 Å². The molecular formula is C22H22F4N8O. The summed E-state index contributed by atoms with van der Waals surface area (Å²) in [5, 5.41) is 4.15. The van der Waals surface area contributed by atoms with Gasteiger partial charge in [0.25, 0.3) is 5.91 Å². The molecule has 0 bridgehead atoms. The molecule has 3 aromatic heterocycles. The number of rotatable bonds is 5. The number of pyridine rings is 1. The summed E-state index contributed by atoms with van der Waals surface area (Å²) in [6, 6.07) is 1.44. The molecular weight excluding hydrogens is 468 g/mol. The van der Waals surface area contributed by atoms with Gasteiger partial charge in [-0.25, -0.2) is 29.0 Å². The zero-order valence-corrected chi connectivity index (χ0v) is 18.7. The number of halogens is 4. The van der Waals surface area contributed by atoms with E-state index in [1.54, 1.807) is 16.7 Å². The highest BCUT2D eigenvalue weighted by Gasteiger charge is 2.44.